The van der Waals surface area contributed by atoms with Gasteiger partial charge in [0.2, 0.25) is 0 Å². The second kappa shape index (κ2) is 6.78. The summed E-state index contributed by atoms with van der Waals surface area (Å²) in [6.45, 7) is 4.29. The molecule has 2 heteroatoms. The van der Waals surface area contributed by atoms with Gasteiger partial charge in [0.25, 0.3) is 0 Å². The summed E-state index contributed by atoms with van der Waals surface area (Å²) < 4.78 is 0. The first kappa shape index (κ1) is 14.2. The number of hydrogen-bond donors (Lipinski definition) is 1. The van der Waals surface area contributed by atoms with Gasteiger partial charge in [-0.3, -0.25) is 0 Å². The van der Waals surface area contributed by atoms with Gasteiger partial charge in [-0.05, 0) is 36.6 Å². The van der Waals surface area contributed by atoms with Crippen LogP contribution in [0.25, 0.3) is 0 Å². The van der Waals surface area contributed by atoms with Gasteiger partial charge in [0.1, 0.15) is 0 Å². The average molecular weight is 271 g/mol. The summed E-state index contributed by atoms with van der Waals surface area (Å²) in [6.07, 6.45) is 1.08. The van der Waals surface area contributed by atoms with Crippen molar-refractivity contribution in [1.82, 2.24) is 0 Å². The van der Waals surface area contributed by atoms with Gasteiger partial charge in [-0.1, -0.05) is 48.9 Å². The van der Waals surface area contributed by atoms with Crippen LogP contribution in [0.2, 0.25) is 0 Å². The van der Waals surface area contributed by atoms with Gasteiger partial charge >= 0.3 is 0 Å². The number of thioether (sulfide) groups is 1. The van der Waals surface area contributed by atoms with Crippen LogP contribution in [0.15, 0.2) is 53.4 Å². The molecule has 1 atom stereocenters. The number of rotatable bonds is 5. The third-order valence-electron chi connectivity index (χ3n) is 3.24. The molecular formula is C17H21NS. The lowest BCUT2D eigenvalue weighted by Crippen LogP contribution is -2.12. The van der Waals surface area contributed by atoms with Crippen molar-refractivity contribution in [3.8, 4) is 0 Å². The monoisotopic (exact) mass is 271 g/mol. The largest absolute Gasteiger partial charge is 0.323 e. The van der Waals surface area contributed by atoms with Gasteiger partial charge in [0, 0.05) is 16.7 Å². The molecule has 1 nitrogen and oxygen atoms in total. The van der Waals surface area contributed by atoms with E-state index in [4.69, 9.17) is 5.73 Å². The molecule has 0 aromatic heterocycles. The predicted octanol–water partition coefficient (Wildman–Crippen LogP) is 4.35. The van der Waals surface area contributed by atoms with Gasteiger partial charge in [-0.25, -0.2) is 0 Å². The van der Waals surface area contributed by atoms with Gasteiger partial charge in [0.15, 0.2) is 0 Å². The maximum absolute atomic E-state index is 6.25. The van der Waals surface area contributed by atoms with Crippen LogP contribution in [0.3, 0.4) is 0 Å². The first-order valence-electron chi connectivity index (χ1n) is 6.73. The van der Waals surface area contributed by atoms with E-state index in [1.54, 1.807) is 0 Å². The second-order valence-electron chi connectivity index (χ2n) is 4.83. The lowest BCUT2D eigenvalue weighted by atomic mass is 10.1. The van der Waals surface area contributed by atoms with Crippen LogP contribution >= 0.6 is 11.8 Å². The highest BCUT2D eigenvalue weighted by Gasteiger charge is 2.06. The molecule has 0 fully saturated rings. The van der Waals surface area contributed by atoms with Gasteiger partial charge < -0.3 is 5.73 Å². The number of benzene rings is 2. The number of aryl methyl sites for hydroxylation is 2. The highest BCUT2D eigenvalue weighted by Crippen LogP contribution is 2.24. The molecule has 0 saturated heterocycles. The molecule has 2 aromatic rings. The Labute approximate surface area is 120 Å². The molecule has 0 aliphatic rings. The maximum Gasteiger partial charge on any atom is 0.0390 e. The summed E-state index contributed by atoms with van der Waals surface area (Å²) in [4.78, 5) is 1.29. The fourth-order valence-electron chi connectivity index (χ4n) is 1.99. The zero-order valence-electron chi connectivity index (χ0n) is 11.6. The summed E-state index contributed by atoms with van der Waals surface area (Å²) in [5, 5.41) is 0. The lowest BCUT2D eigenvalue weighted by Gasteiger charge is -2.12. The zero-order valence-corrected chi connectivity index (χ0v) is 12.4. The Morgan fingerprint density at radius 3 is 2.47 bits per heavy atom. The number of hydrogen-bond acceptors (Lipinski definition) is 2. The van der Waals surface area contributed by atoms with Crippen molar-refractivity contribution in [1.29, 1.82) is 0 Å². The lowest BCUT2D eigenvalue weighted by molar-refractivity contribution is 0.830. The minimum absolute atomic E-state index is 0.0939. The van der Waals surface area contributed by atoms with Crippen molar-refractivity contribution in [2.24, 2.45) is 5.73 Å². The smallest absolute Gasteiger partial charge is 0.0390 e. The molecule has 0 aliphatic carbocycles. The van der Waals surface area contributed by atoms with E-state index in [1.165, 1.54) is 21.6 Å². The van der Waals surface area contributed by atoms with Gasteiger partial charge in [-0.15, -0.1) is 11.8 Å². The normalized spacial score (nSPS) is 12.4. The van der Waals surface area contributed by atoms with E-state index < -0.39 is 0 Å². The molecule has 2 rings (SSSR count). The van der Waals surface area contributed by atoms with E-state index in [-0.39, 0.29) is 6.04 Å². The molecule has 2 aromatic carbocycles. The predicted molar refractivity (Wildman–Crippen MR) is 84.7 cm³/mol. The van der Waals surface area contributed by atoms with Crippen LogP contribution < -0.4 is 5.73 Å². The van der Waals surface area contributed by atoms with Crippen LogP contribution in [0.4, 0.5) is 0 Å². The van der Waals surface area contributed by atoms with Crippen LogP contribution in [-0.4, -0.2) is 5.75 Å². The average Bonchev–Trinajstić information content (AvgIpc) is 2.45. The maximum atomic E-state index is 6.25. The Bertz CT molecular complexity index is 519. The Hall–Kier alpha value is -1.25. The molecule has 0 spiro atoms. The van der Waals surface area contributed by atoms with Crippen molar-refractivity contribution in [3.05, 3.63) is 65.2 Å². The molecule has 0 aliphatic heterocycles. The van der Waals surface area contributed by atoms with Crippen molar-refractivity contribution >= 4 is 11.8 Å². The fraction of sp³-hybridized carbons (Fsp3) is 0.294. The zero-order chi connectivity index (χ0) is 13.7. The minimum Gasteiger partial charge on any atom is -0.323 e. The summed E-state index contributed by atoms with van der Waals surface area (Å²) in [5.74, 6) is 0.912. The topological polar surface area (TPSA) is 26.0 Å². The second-order valence-corrected chi connectivity index (χ2v) is 5.92. The Balaban J connectivity index is 1.95. The summed E-state index contributed by atoms with van der Waals surface area (Å²) in [5.41, 5.74) is 10.1. The van der Waals surface area contributed by atoms with Crippen molar-refractivity contribution in [2.45, 2.75) is 31.2 Å². The van der Waals surface area contributed by atoms with E-state index in [2.05, 4.69) is 62.4 Å². The third-order valence-corrected chi connectivity index (χ3v) is 4.35. The molecule has 0 saturated carbocycles. The third kappa shape index (κ3) is 4.12. The molecule has 0 radical (unpaired) electrons. The molecular weight excluding hydrogens is 250 g/mol. The fourth-order valence-corrected chi connectivity index (χ4v) is 3.00. The molecule has 100 valence electrons. The van der Waals surface area contributed by atoms with Crippen LogP contribution in [-0.2, 0) is 6.42 Å². The standard InChI is InChI=1S/C17H21NS/c1-3-14-7-9-15(10-8-14)17(18)12-19-16-6-4-5-13(2)11-16/h4-11,17H,3,12,18H2,1-2H3. The van der Waals surface area contributed by atoms with Crippen molar-refractivity contribution in [2.75, 3.05) is 5.75 Å². The molecule has 1 unspecified atom stereocenters. The minimum atomic E-state index is 0.0939. The van der Waals surface area contributed by atoms with E-state index in [0.29, 0.717) is 0 Å². The van der Waals surface area contributed by atoms with Crippen LogP contribution in [0.1, 0.15) is 29.7 Å². The highest BCUT2D eigenvalue weighted by molar-refractivity contribution is 7.99. The molecule has 0 heterocycles. The van der Waals surface area contributed by atoms with Crippen molar-refractivity contribution < 1.29 is 0 Å². The quantitative estimate of drug-likeness (QED) is 0.818. The Morgan fingerprint density at radius 1 is 1.11 bits per heavy atom. The first-order chi connectivity index (χ1) is 9.19. The molecule has 0 amide bonds. The highest BCUT2D eigenvalue weighted by atomic mass is 32.2. The SMILES string of the molecule is CCc1ccc(C(N)CSc2cccc(C)c2)cc1. The van der Waals surface area contributed by atoms with Gasteiger partial charge in [0.05, 0.1) is 0 Å². The van der Waals surface area contributed by atoms with E-state index in [9.17, 15) is 0 Å². The van der Waals surface area contributed by atoms with E-state index in [1.807, 2.05) is 11.8 Å². The Kier molecular flexibility index (Phi) is 5.06. The molecule has 2 N–H and O–H groups in total. The molecule has 0 bridgehead atoms. The van der Waals surface area contributed by atoms with E-state index in [0.717, 1.165) is 12.2 Å². The first-order valence-corrected chi connectivity index (χ1v) is 7.71. The summed E-state index contributed by atoms with van der Waals surface area (Å²) in [6, 6.07) is 17.3. The molecule has 19 heavy (non-hydrogen) atoms. The Morgan fingerprint density at radius 2 is 1.84 bits per heavy atom. The van der Waals surface area contributed by atoms with Crippen molar-refractivity contribution in [3.63, 3.8) is 0 Å². The summed E-state index contributed by atoms with van der Waals surface area (Å²) in [7, 11) is 0. The number of nitrogens with two attached hydrogens (primary N) is 1. The van der Waals surface area contributed by atoms with E-state index >= 15 is 0 Å². The van der Waals surface area contributed by atoms with Gasteiger partial charge in [-0.2, -0.15) is 0 Å². The van der Waals surface area contributed by atoms with Crippen LogP contribution in [0, 0.1) is 6.92 Å². The van der Waals surface area contributed by atoms with Crippen LogP contribution in [0.5, 0.6) is 0 Å². The summed E-state index contributed by atoms with van der Waals surface area (Å²) >= 11 is 1.82.